The minimum Gasteiger partial charge on any atom is -0.496 e. The van der Waals surface area contributed by atoms with Crippen LogP contribution in [0.1, 0.15) is 43.1 Å². The zero-order valence-electron chi connectivity index (χ0n) is 15.8. The summed E-state index contributed by atoms with van der Waals surface area (Å²) in [6.45, 7) is 5.62. The highest BCUT2D eigenvalue weighted by Gasteiger charge is 2.38. The molecule has 0 N–H and O–H groups in total. The van der Waals surface area contributed by atoms with Crippen LogP contribution in [-0.4, -0.2) is 49.2 Å². The molecule has 1 fully saturated rings. The molecular weight excluding hydrogens is 338 g/mol. The van der Waals surface area contributed by atoms with Crippen molar-refractivity contribution in [3.8, 4) is 5.75 Å². The molecule has 2 rings (SSSR count). The summed E-state index contributed by atoms with van der Waals surface area (Å²) in [5.41, 5.74) is 0.522. The molecule has 1 aliphatic heterocycles. The second-order valence-corrected chi connectivity index (χ2v) is 7.18. The van der Waals surface area contributed by atoms with Crippen LogP contribution in [0.2, 0.25) is 0 Å². The monoisotopic (exact) mass is 363 g/mol. The predicted octanol–water partition coefficient (Wildman–Crippen LogP) is 2.81. The van der Waals surface area contributed by atoms with E-state index >= 15 is 0 Å². The lowest BCUT2D eigenvalue weighted by Crippen LogP contribution is -2.38. The van der Waals surface area contributed by atoms with E-state index in [1.165, 1.54) is 14.2 Å². The summed E-state index contributed by atoms with van der Waals surface area (Å²) >= 11 is 0. The molecule has 26 heavy (non-hydrogen) atoms. The number of nitrogens with zero attached hydrogens (tertiary/aromatic N) is 1. The molecule has 1 aliphatic rings. The van der Waals surface area contributed by atoms with E-state index in [0.29, 0.717) is 30.7 Å². The van der Waals surface area contributed by atoms with Gasteiger partial charge >= 0.3 is 12.1 Å². The maximum absolute atomic E-state index is 12.6. The summed E-state index contributed by atoms with van der Waals surface area (Å²) in [4.78, 5) is 37.5. The van der Waals surface area contributed by atoms with Crippen LogP contribution >= 0.6 is 0 Å². The molecular formula is C19H25NO6. The Hall–Kier alpha value is -2.57. The third-order valence-corrected chi connectivity index (χ3v) is 4.10. The minimum atomic E-state index is -0.650. The number of methoxy groups -OCH3 is 2. The Morgan fingerprint density at radius 3 is 2.50 bits per heavy atom. The van der Waals surface area contributed by atoms with Crippen molar-refractivity contribution in [2.24, 2.45) is 5.92 Å². The van der Waals surface area contributed by atoms with E-state index in [1.54, 1.807) is 39.0 Å². The zero-order valence-corrected chi connectivity index (χ0v) is 15.8. The fourth-order valence-corrected chi connectivity index (χ4v) is 2.85. The summed E-state index contributed by atoms with van der Waals surface area (Å²) in [5.74, 6) is -0.530. The molecule has 7 heteroatoms. The van der Waals surface area contributed by atoms with Gasteiger partial charge in [0.25, 0.3) is 0 Å². The molecule has 1 heterocycles. The summed E-state index contributed by atoms with van der Waals surface area (Å²) in [6.07, 6.45) is 0.362. The number of amides is 2. The molecule has 7 nitrogen and oxygen atoms in total. The molecule has 0 saturated carbocycles. The highest BCUT2D eigenvalue weighted by Crippen LogP contribution is 2.29. The second kappa shape index (κ2) is 7.76. The summed E-state index contributed by atoms with van der Waals surface area (Å²) in [6, 6.07) is 4.97. The van der Waals surface area contributed by atoms with Crippen molar-refractivity contribution in [3.63, 3.8) is 0 Å². The van der Waals surface area contributed by atoms with E-state index in [9.17, 15) is 14.4 Å². The van der Waals surface area contributed by atoms with Gasteiger partial charge in [0.15, 0.2) is 0 Å². The molecule has 1 saturated heterocycles. The number of carbonyl (C=O) groups excluding carboxylic acids is 3. The fraction of sp³-hybridized carbons (Fsp3) is 0.526. The van der Waals surface area contributed by atoms with Crippen molar-refractivity contribution in [2.75, 3.05) is 20.8 Å². The lowest BCUT2D eigenvalue weighted by molar-refractivity contribution is -0.130. The number of esters is 1. The number of ether oxygens (including phenoxy) is 3. The van der Waals surface area contributed by atoms with Gasteiger partial charge in [0.05, 0.1) is 19.8 Å². The van der Waals surface area contributed by atoms with Crippen LogP contribution < -0.4 is 4.74 Å². The van der Waals surface area contributed by atoms with Crippen molar-refractivity contribution in [2.45, 2.75) is 39.2 Å². The topological polar surface area (TPSA) is 82.1 Å². The second-order valence-electron chi connectivity index (χ2n) is 7.18. The standard InChI is InChI=1S/C19H25NO6/c1-19(2,3)26-18(23)20-9-8-13(16(20)21)10-12-6-7-14(17(22)25-5)11-15(12)24-4/h6-7,11,13H,8-10H2,1-5H3. The Morgan fingerprint density at radius 2 is 1.92 bits per heavy atom. The van der Waals surface area contributed by atoms with Crippen LogP contribution in [0, 0.1) is 5.92 Å². The Kier molecular flexibility index (Phi) is 5.90. The van der Waals surface area contributed by atoms with Gasteiger partial charge in [0.1, 0.15) is 11.4 Å². The van der Waals surface area contributed by atoms with Gasteiger partial charge in [-0.3, -0.25) is 4.79 Å². The largest absolute Gasteiger partial charge is 0.496 e. The van der Waals surface area contributed by atoms with Gasteiger partial charge in [-0.15, -0.1) is 0 Å². The first-order valence-electron chi connectivity index (χ1n) is 8.46. The molecule has 1 unspecified atom stereocenters. The van der Waals surface area contributed by atoms with Gasteiger partial charge in [-0.05, 0) is 51.3 Å². The van der Waals surface area contributed by atoms with E-state index in [4.69, 9.17) is 14.2 Å². The third-order valence-electron chi connectivity index (χ3n) is 4.10. The molecule has 1 aromatic rings. The van der Waals surface area contributed by atoms with Crippen molar-refractivity contribution in [1.29, 1.82) is 0 Å². The fourth-order valence-electron chi connectivity index (χ4n) is 2.85. The predicted molar refractivity (Wildman–Crippen MR) is 94.1 cm³/mol. The van der Waals surface area contributed by atoms with Gasteiger partial charge in [-0.2, -0.15) is 0 Å². The summed E-state index contributed by atoms with van der Waals surface area (Å²) in [5, 5.41) is 0. The van der Waals surface area contributed by atoms with Crippen LogP contribution in [-0.2, 0) is 20.7 Å². The number of rotatable bonds is 4. The highest BCUT2D eigenvalue weighted by molar-refractivity contribution is 5.95. The van der Waals surface area contributed by atoms with Crippen LogP contribution in [0.15, 0.2) is 18.2 Å². The molecule has 1 aromatic carbocycles. The number of carbonyl (C=O) groups is 3. The van der Waals surface area contributed by atoms with E-state index in [1.807, 2.05) is 0 Å². The Bertz CT molecular complexity index is 706. The molecule has 2 amide bonds. The average Bonchev–Trinajstić information content (AvgIpc) is 2.93. The number of likely N-dealkylation sites (tertiary alicyclic amines) is 1. The molecule has 0 aliphatic carbocycles. The first-order valence-corrected chi connectivity index (χ1v) is 8.46. The quantitative estimate of drug-likeness (QED) is 0.765. The van der Waals surface area contributed by atoms with Gasteiger partial charge in [-0.1, -0.05) is 6.07 Å². The van der Waals surface area contributed by atoms with E-state index in [0.717, 1.165) is 10.5 Å². The van der Waals surface area contributed by atoms with E-state index in [-0.39, 0.29) is 11.8 Å². The molecule has 1 atom stereocenters. The number of hydrogen-bond acceptors (Lipinski definition) is 6. The highest BCUT2D eigenvalue weighted by atomic mass is 16.6. The summed E-state index contributed by atoms with van der Waals surface area (Å²) < 4.78 is 15.3. The van der Waals surface area contributed by atoms with Gasteiger partial charge in [0, 0.05) is 12.5 Å². The average molecular weight is 363 g/mol. The maximum atomic E-state index is 12.6. The number of hydrogen-bond donors (Lipinski definition) is 0. The summed E-state index contributed by atoms with van der Waals surface area (Å²) in [7, 11) is 2.81. The van der Waals surface area contributed by atoms with Crippen LogP contribution in [0.5, 0.6) is 5.75 Å². The van der Waals surface area contributed by atoms with Crippen molar-refractivity contribution >= 4 is 18.0 Å². The van der Waals surface area contributed by atoms with Gasteiger partial charge in [0.2, 0.25) is 5.91 Å². The molecule has 0 spiro atoms. The SMILES string of the molecule is COC(=O)c1ccc(CC2CCN(C(=O)OC(C)(C)C)C2=O)c(OC)c1. The van der Waals surface area contributed by atoms with Crippen molar-refractivity contribution < 1.29 is 28.6 Å². The molecule has 142 valence electrons. The lowest BCUT2D eigenvalue weighted by Gasteiger charge is -2.23. The Balaban J connectivity index is 2.11. The van der Waals surface area contributed by atoms with E-state index < -0.39 is 17.7 Å². The Labute approximate surface area is 153 Å². The van der Waals surface area contributed by atoms with Crippen molar-refractivity contribution in [1.82, 2.24) is 4.90 Å². The van der Waals surface area contributed by atoms with Gasteiger partial charge < -0.3 is 14.2 Å². The minimum absolute atomic E-state index is 0.252. The first kappa shape index (κ1) is 19.8. The van der Waals surface area contributed by atoms with Crippen LogP contribution in [0.3, 0.4) is 0 Å². The normalized spacial score (nSPS) is 17.2. The van der Waals surface area contributed by atoms with Crippen LogP contribution in [0.25, 0.3) is 0 Å². The third kappa shape index (κ3) is 4.53. The number of benzene rings is 1. The smallest absolute Gasteiger partial charge is 0.417 e. The molecule has 0 bridgehead atoms. The Morgan fingerprint density at radius 1 is 1.23 bits per heavy atom. The van der Waals surface area contributed by atoms with Crippen LogP contribution in [0.4, 0.5) is 4.79 Å². The molecule has 0 aromatic heterocycles. The zero-order chi connectivity index (χ0) is 19.5. The van der Waals surface area contributed by atoms with Crippen molar-refractivity contribution in [3.05, 3.63) is 29.3 Å². The van der Waals surface area contributed by atoms with E-state index in [2.05, 4.69) is 0 Å². The van der Waals surface area contributed by atoms with Gasteiger partial charge in [-0.25, -0.2) is 14.5 Å². The maximum Gasteiger partial charge on any atom is 0.417 e. The number of imide groups is 1. The molecule has 0 radical (unpaired) electrons. The first-order chi connectivity index (χ1) is 12.2. The lowest BCUT2D eigenvalue weighted by atomic mass is 9.96.